The molecule has 1 aliphatic carbocycles. The number of nitrogens with one attached hydrogen (secondary N) is 1. The van der Waals surface area contributed by atoms with Crippen molar-refractivity contribution in [3.8, 4) is 17.2 Å². The van der Waals surface area contributed by atoms with E-state index in [1.165, 1.54) is 31.2 Å². The largest absolute Gasteiger partial charge is 0.490 e. The van der Waals surface area contributed by atoms with Gasteiger partial charge in [0, 0.05) is 13.1 Å². The Morgan fingerprint density at radius 1 is 1.10 bits per heavy atom. The first kappa shape index (κ1) is 21.3. The molecule has 1 N–H and O–H groups in total. The highest BCUT2D eigenvalue weighted by molar-refractivity contribution is 5.54. The second kappa shape index (κ2) is 10.9. The number of hydrogen-bond donors (Lipinski definition) is 1. The van der Waals surface area contributed by atoms with E-state index in [4.69, 9.17) is 14.2 Å². The fraction of sp³-hybridized carbons (Fsp3) is 0.440. The van der Waals surface area contributed by atoms with Crippen molar-refractivity contribution in [2.24, 2.45) is 0 Å². The Labute approximate surface area is 174 Å². The van der Waals surface area contributed by atoms with E-state index < -0.39 is 0 Å². The van der Waals surface area contributed by atoms with Crippen LogP contribution in [0.2, 0.25) is 0 Å². The first-order valence-electron chi connectivity index (χ1n) is 10.7. The second-order valence-corrected chi connectivity index (χ2v) is 7.77. The Balaban J connectivity index is 1.45. The highest BCUT2D eigenvalue weighted by Crippen LogP contribution is 2.29. The molecule has 156 valence electrons. The molecule has 1 saturated carbocycles. The zero-order valence-electron chi connectivity index (χ0n) is 17.7. The summed E-state index contributed by atoms with van der Waals surface area (Å²) in [6.07, 6.45) is 7.22. The van der Waals surface area contributed by atoms with Gasteiger partial charge in [0.15, 0.2) is 11.5 Å². The summed E-state index contributed by atoms with van der Waals surface area (Å²) < 4.78 is 17.9. The standard InChI is InChI=1S/C25H33NO3/c1-4-20-12-13-24(28-19(2)3)25(17-20)27-15-14-26-18-21-8-7-11-23(16-21)29-22-9-5-6-10-22/h4,7-8,11-13,16-17,19,22,26H,1,5-6,9-10,14-15,18H2,2-3H3. The highest BCUT2D eigenvalue weighted by Gasteiger charge is 2.16. The van der Waals surface area contributed by atoms with Crippen LogP contribution in [0.25, 0.3) is 6.08 Å². The van der Waals surface area contributed by atoms with E-state index in [0.29, 0.717) is 12.7 Å². The summed E-state index contributed by atoms with van der Waals surface area (Å²) in [6, 6.07) is 14.3. The molecule has 29 heavy (non-hydrogen) atoms. The summed E-state index contributed by atoms with van der Waals surface area (Å²) in [6.45, 7) is 9.94. The van der Waals surface area contributed by atoms with E-state index in [0.717, 1.165) is 35.9 Å². The molecule has 1 fully saturated rings. The van der Waals surface area contributed by atoms with E-state index in [2.05, 4.69) is 30.1 Å². The Morgan fingerprint density at radius 2 is 1.93 bits per heavy atom. The molecule has 4 nitrogen and oxygen atoms in total. The molecule has 0 aliphatic heterocycles. The molecule has 4 heteroatoms. The fourth-order valence-corrected chi connectivity index (χ4v) is 3.51. The van der Waals surface area contributed by atoms with Gasteiger partial charge in [-0.15, -0.1) is 0 Å². The lowest BCUT2D eigenvalue weighted by atomic mass is 10.2. The molecular weight excluding hydrogens is 362 g/mol. The van der Waals surface area contributed by atoms with Crippen molar-refractivity contribution in [3.05, 3.63) is 60.2 Å². The van der Waals surface area contributed by atoms with E-state index in [-0.39, 0.29) is 6.10 Å². The summed E-state index contributed by atoms with van der Waals surface area (Å²) in [5.41, 5.74) is 2.24. The van der Waals surface area contributed by atoms with Crippen LogP contribution >= 0.6 is 0 Å². The maximum Gasteiger partial charge on any atom is 0.161 e. The van der Waals surface area contributed by atoms with Crippen molar-refractivity contribution in [2.75, 3.05) is 13.2 Å². The summed E-state index contributed by atoms with van der Waals surface area (Å²) in [7, 11) is 0. The quantitative estimate of drug-likeness (QED) is 0.502. The van der Waals surface area contributed by atoms with Crippen LogP contribution in [0, 0.1) is 0 Å². The Bertz CT molecular complexity index is 781. The van der Waals surface area contributed by atoms with Crippen LogP contribution in [-0.4, -0.2) is 25.4 Å². The van der Waals surface area contributed by atoms with Gasteiger partial charge in [-0.3, -0.25) is 0 Å². The average Bonchev–Trinajstić information content (AvgIpc) is 3.21. The van der Waals surface area contributed by atoms with Crippen molar-refractivity contribution in [3.63, 3.8) is 0 Å². The Morgan fingerprint density at radius 3 is 2.69 bits per heavy atom. The minimum Gasteiger partial charge on any atom is -0.490 e. The van der Waals surface area contributed by atoms with Crippen molar-refractivity contribution in [2.45, 2.75) is 58.3 Å². The van der Waals surface area contributed by atoms with Crippen LogP contribution in [0.15, 0.2) is 49.0 Å². The molecule has 0 amide bonds. The number of ether oxygens (including phenoxy) is 3. The molecule has 3 rings (SSSR count). The van der Waals surface area contributed by atoms with Gasteiger partial charge >= 0.3 is 0 Å². The van der Waals surface area contributed by atoms with Crippen molar-refractivity contribution in [1.29, 1.82) is 0 Å². The predicted octanol–water partition coefficient (Wildman–Crippen LogP) is 5.61. The van der Waals surface area contributed by atoms with E-state index in [9.17, 15) is 0 Å². The normalized spacial score (nSPS) is 14.2. The van der Waals surface area contributed by atoms with Crippen LogP contribution < -0.4 is 19.5 Å². The fourth-order valence-electron chi connectivity index (χ4n) is 3.51. The topological polar surface area (TPSA) is 39.7 Å². The lowest BCUT2D eigenvalue weighted by Gasteiger charge is -2.16. The molecule has 0 spiro atoms. The van der Waals surface area contributed by atoms with Crippen LogP contribution in [0.5, 0.6) is 17.2 Å². The van der Waals surface area contributed by atoms with Gasteiger partial charge in [-0.2, -0.15) is 0 Å². The number of rotatable bonds is 11. The number of hydrogen-bond acceptors (Lipinski definition) is 4. The summed E-state index contributed by atoms with van der Waals surface area (Å²) in [5, 5.41) is 3.44. The molecule has 0 unspecified atom stereocenters. The first-order valence-corrected chi connectivity index (χ1v) is 10.7. The van der Waals surface area contributed by atoms with E-state index in [1.807, 2.05) is 44.2 Å². The predicted molar refractivity (Wildman–Crippen MR) is 119 cm³/mol. The second-order valence-electron chi connectivity index (χ2n) is 7.77. The minimum absolute atomic E-state index is 0.101. The molecule has 0 aromatic heterocycles. The lowest BCUT2D eigenvalue weighted by Crippen LogP contribution is -2.21. The average molecular weight is 396 g/mol. The zero-order valence-corrected chi connectivity index (χ0v) is 17.7. The first-order chi connectivity index (χ1) is 14.1. The Hall–Kier alpha value is -2.46. The van der Waals surface area contributed by atoms with Gasteiger partial charge in [0.1, 0.15) is 12.4 Å². The molecule has 0 saturated heterocycles. The molecule has 1 aliphatic rings. The monoisotopic (exact) mass is 395 g/mol. The van der Waals surface area contributed by atoms with Crippen molar-refractivity contribution in [1.82, 2.24) is 5.32 Å². The maximum atomic E-state index is 6.09. The maximum absolute atomic E-state index is 6.09. The van der Waals surface area contributed by atoms with Crippen molar-refractivity contribution < 1.29 is 14.2 Å². The van der Waals surface area contributed by atoms with Gasteiger partial charge in [-0.05, 0) is 74.9 Å². The SMILES string of the molecule is C=Cc1ccc(OC(C)C)c(OCCNCc2cccc(OC3CCCC3)c2)c1. The summed E-state index contributed by atoms with van der Waals surface area (Å²) in [4.78, 5) is 0. The van der Waals surface area contributed by atoms with Gasteiger partial charge < -0.3 is 19.5 Å². The minimum atomic E-state index is 0.101. The van der Waals surface area contributed by atoms with Crippen LogP contribution in [0.3, 0.4) is 0 Å². The third-order valence-corrected chi connectivity index (χ3v) is 4.94. The molecule has 2 aromatic carbocycles. The highest BCUT2D eigenvalue weighted by atomic mass is 16.5. The molecule has 0 atom stereocenters. The van der Waals surface area contributed by atoms with Gasteiger partial charge in [0.2, 0.25) is 0 Å². The van der Waals surface area contributed by atoms with Gasteiger partial charge in [-0.25, -0.2) is 0 Å². The van der Waals surface area contributed by atoms with Crippen LogP contribution in [0.1, 0.15) is 50.7 Å². The van der Waals surface area contributed by atoms with Gasteiger partial charge in [0.25, 0.3) is 0 Å². The summed E-state index contributed by atoms with van der Waals surface area (Å²) in [5.74, 6) is 2.50. The third kappa shape index (κ3) is 6.82. The molecule has 0 bridgehead atoms. The smallest absolute Gasteiger partial charge is 0.161 e. The molecular formula is C25H33NO3. The molecule has 2 aromatic rings. The molecule has 0 heterocycles. The zero-order chi connectivity index (χ0) is 20.5. The van der Waals surface area contributed by atoms with Crippen LogP contribution in [-0.2, 0) is 6.54 Å². The van der Waals surface area contributed by atoms with Gasteiger partial charge in [0.05, 0.1) is 12.2 Å². The summed E-state index contributed by atoms with van der Waals surface area (Å²) >= 11 is 0. The van der Waals surface area contributed by atoms with Gasteiger partial charge in [-0.1, -0.05) is 30.9 Å². The number of benzene rings is 2. The molecule has 0 radical (unpaired) electrons. The van der Waals surface area contributed by atoms with E-state index >= 15 is 0 Å². The van der Waals surface area contributed by atoms with E-state index in [1.54, 1.807) is 0 Å². The lowest BCUT2D eigenvalue weighted by molar-refractivity contribution is 0.210. The van der Waals surface area contributed by atoms with Crippen molar-refractivity contribution >= 4 is 6.08 Å². The third-order valence-electron chi connectivity index (χ3n) is 4.94. The van der Waals surface area contributed by atoms with Crippen LogP contribution in [0.4, 0.5) is 0 Å². The Kier molecular flexibility index (Phi) is 8.00.